The fraction of sp³-hybridized carbons (Fsp3) is 0.280. The molecule has 168 valence electrons. The van der Waals surface area contributed by atoms with Crippen molar-refractivity contribution in [3.05, 3.63) is 65.2 Å². The number of nitrogens with zero attached hydrogens (tertiary/aromatic N) is 2. The molecule has 0 radical (unpaired) electrons. The summed E-state index contributed by atoms with van der Waals surface area (Å²) < 4.78 is 17.2. The predicted molar refractivity (Wildman–Crippen MR) is 124 cm³/mol. The van der Waals surface area contributed by atoms with Gasteiger partial charge in [0.05, 0.1) is 29.4 Å². The average Bonchev–Trinajstić information content (AvgIpc) is 3.50. The first-order valence-corrected chi connectivity index (χ1v) is 11.3. The van der Waals surface area contributed by atoms with E-state index in [1.807, 2.05) is 24.3 Å². The summed E-state index contributed by atoms with van der Waals surface area (Å²) in [6, 6.07) is 18.6. The Labute approximate surface area is 195 Å². The molecule has 33 heavy (non-hydrogen) atoms. The van der Waals surface area contributed by atoms with E-state index in [0.717, 1.165) is 11.1 Å². The number of benzene rings is 2. The highest BCUT2D eigenvalue weighted by Crippen LogP contribution is 2.33. The summed E-state index contributed by atoms with van der Waals surface area (Å²) in [5, 5.41) is 10.4. The molecule has 4 atom stereocenters. The van der Waals surface area contributed by atoms with Gasteiger partial charge in [0.15, 0.2) is 11.8 Å². The number of aliphatic hydroxyl groups excluding tert-OH is 1. The van der Waals surface area contributed by atoms with E-state index in [1.165, 1.54) is 11.1 Å². The number of aromatic nitrogens is 3. The van der Waals surface area contributed by atoms with Gasteiger partial charge in [-0.2, -0.15) is 4.98 Å². The van der Waals surface area contributed by atoms with E-state index in [4.69, 9.17) is 25.8 Å². The maximum Gasteiger partial charge on any atom is 0.296 e. The third-order valence-corrected chi connectivity index (χ3v) is 6.55. The molecule has 2 saturated heterocycles. The van der Waals surface area contributed by atoms with Crippen molar-refractivity contribution >= 4 is 22.8 Å². The summed E-state index contributed by atoms with van der Waals surface area (Å²) in [4.78, 5) is 12.3. The molecule has 0 spiro atoms. The maximum absolute atomic E-state index is 9.91. The third-order valence-electron chi connectivity index (χ3n) is 6.26. The molecular formula is C25H22ClN3O4. The minimum atomic E-state index is -0.625. The predicted octanol–water partition coefficient (Wildman–Crippen LogP) is 4.16. The second kappa shape index (κ2) is 8.11. The van der Waals surface area contributed by atoms with Gasteiger partial charge in [0, 0.05) is 5.56 Å². The molecule has 7 nitrogen and oxygen atoms in total. The Hall–Kier alpha value is -2.97. The van der Waals surface area contributed by atoms with Crippen LogP contribution in [0.3, 0.4) is 0 Å². The SMILES string of the molecule is Cc1ccccc1-c1ccc(-c2nc3nc(O[C@@H]4CO[C@H]5[C@@H]4OC[C@H]5O)[nH]c3cc2Cl)cc1. The Morgan fingerprint density at radius 2 is 1.76 bits per heavy atom. The van der Waals surface area contributed by atoms with E-state index < -0.39 is 6.10 Å². The number of rotatable bonds is 4. The number of fused-ring (bicyclic) bond motifs is 2. The summed E-state index contributed by atoms with van der Waals surface area (Å²) in [7, 11) is 0. The highest BCUT2D eigenvalue weighted by Gasteiger charge is 2.48. The van der Waals surface area contributed by atoms with Crippen LogP contribution in [0.15, 0.2) is 54.6 Å². The summed E-state index contributed by atoms with van der Waals surface area (Å²) in [6.07, 6.45) is -1.65. The Balaban J connectivity index is 1.27. The normalized spacial score (nSPS) is 24.3. The van der Waals surface area contributed by atoms with Gasteiger partial charge in [-0.05, 0) is 29.7 Å². The Morgan fingerprint density at radius 1 is 1.00 bits per heavy atom. The van der Waals surface area contributed by atoms with Gasteiger partial charge in [0.2, 0.25) is 0 Å². The standard InChI is InChI=1S/C25H22ClN3O4/c1-13-4-2-3-5-16(13)14-6-8-15(9-7-14)21-17(26)10-18-24(28-21)29-25(27-18)33-20-12-32-22-19(30)11-31-23(20)22/h2-10,19-20,22-23,30H,11-12H2,1H3,(H,27,28,29)/t19-,20-,22-,23-/m1/s1. The fourth-order valence-electron chi connectivity index (χ4n) is 4.55. The van der Waals surface area contributed by atoms with E-state index in [0.29, 0.717) is 34.5 Å². The van der Waals surface area contributed by atoms with Crippen molar-refractivity contribution in [2.75, 3.05) is 13.2 Å². The monoisotopic (exact) mass is 463 g/mol. The first-order chi connectivity index (χ1) is 16.1. The third kappa shape index (κ3) is 3.67. The van der Waals surface area contributed by atoms with Gasteiger partial charge in [-0.25, -0.2) is 4.98 Å². The van der Waals surface area contributed by atoms with Crippen LogP contribution in [0.5, 0.6) is 6.01 Å². The lowest BCUT2D eigenvalue weighted by molar-refractivity contribution is 0.00706. The van der Waals surface area contributed by atoms with Crippen molar-refractivity contribution in [1.29, 1.82) is 0 Å². The first-order valence-electron chi connectivity index (χ1n) is 10.9. The Morgan fingerprint density at radius 3 is 2.58 bits per heavy atom. The van der Waals surface area contributed by atoms with Crippen molar-refractivity contribution in [3.63, 3.8) is 0 Å². The molecule has 0 amide bonds. The Kier molecular flexibility index (Phi) is 5.07. The number of imidazole rings is 1. The van der Waals surface area contributed by atoms with Gasteiger partial charge in [-0.3, -0.25) is 0 Å². The highest BCUT2D eigenvalue weighted by atomic mass is 35.5. The van der Waals surface area contributed by atoms with Crippen molar-refractivity contribution in [3.8, 4) is 28.4 Å². The number of ether oxygens (including phenoxy) is 3. The van der Waals surface area contributed by atoms with Crippen LogP contribution in [0.25, 0.3) is 33.5 Å². The van der Waals surface area contributed by atoms with Gasteiger partial charge in [-0.1, -0.05) is 60.1 Å². The van der Waals surface area contributed by atoms with Crippen molar-refractivity contribution < 1.29 is 19.3 Å². The molecule has 2 fully saturated rings. The number of aliphatic hydroxyl groups is 1. The van der Waals surface area contributed by atoms with Crippen LogP contribution in [0.1, 0.15) is 5.56 Å². The van der Waals surface area contributed by atoms with Crippen LogP contribution in [-0.4, -0.2) is 57.7 Å². The van der Waals surface area contributed by atoms with Gasteiger partial charge in [-0.15, -0.1) is 0 Å². The number of halogens is 1. The fourth-order valence-corrected chi connectivity index (χ4v) is 4.81. The quantitative estimate of drug-likeness (QED) is 0.472. The zero-order valence-corrected chi connectivity index (χ0v) is 18.6. The van der Waals surface area contributed by atoms with Gasteiger partial charge in [0.25, 0.3) is 6.01 Å². The van der Waals surface area contributed by atoms with Crippen LogP contribution in [0, 0.1) is 6.92 Å². The number of H-pyrrole nitrogens is 1. The molecule has 0 saturated carbocycles. The largest absolute Gasteiger partial charge is 0.456 e. The zero-order chi connectivity index (χ0) is 22.5. The molecule has 0 bridgehead atoms. The van der Waals surface area contributed by atoms with Crippen molar-refractivity contribution in [1.82, 2.24) is 15.0 Å². The van der Waals surface area contributed by atoms with E-state index >= 15 is 0 Å². The lowest BCUT2D eigenvalue weighted by atomic mass is 9.99. The summed E-state index contributed by atoms with van der Waals surface area (Å²) in [6.45, 7) is 2.68. The van der Waals surface area contributed by atoms with Crippen LogP contribution in [0.4, 0.5) is 0 Å². The summed E-state index contributed by atoms with van der Waals surface area (Å²) in [5.74, 6) is 0. The number of pyridine rings is 1. The number of nitrogens with one attached hydrogen (secondary N) is 1. The molecule has 2 aromatic carbocycles. The maximum atomic E-state index is 9.91. The molecule has 2 aromatic heterocycles. The van der Waals surface area contributed by atoms with Crippen LogP contribution >= 0.6 is 11.6 Å². The zero-order valence-electron chi connectivity index (χ0n) is 17.9. The summed E-state index contributed by atoms with van der Waals surface area (Å²) in [5.41, 5.74) is 6.32. The average molecular weight is 464 g/mol. The molecule has 2 aliphatic heterocycles. The first kappa shape index (κ1) is 20.6. The molecule has 4 heterocycles. The topological polar surface area (TPSA) is 89.5 Å². The van der Waals surface area contributed by atoms with Gasteiger partial charge >= 0.3 is 0 Å². The number of aryl methyl sites for hydroxylation is 1. The number of hydrogen-bond acceptors (Lipinski definition) is 6. The smallest absolute Gasteiger partial charge is 0.296 e. The van der Waals surface area contributed by atoms with Gasteiger partial charge < -0.3 is 24.3 Å². The number of aromatic amines is 1. The molecule has 2 N–H and O–H groups in total. The Bertz CT molecular complexity index is 1320. The summed E-state index contributed by atoms with van der Waals surface area (Å²) >= 11 is 6.57. The second-order valence-corrected chi connectivity index (χ2v) is 8.85. The van der Waals surface area contributed by atoms with Gasteiger partial charge in [0.1, 0.15) is 18.3 Å². The lowest BCUT2D eigenvalue weighted by Gasteiger charge is -2.15. The lowest BCUT2D eigenvalue weighted by Crippen LogP contribution is -2.34. The molecule has 8 heteroatoms. The molecule has 6 rings (SSSR count). The molecular weight excluding hydrogens is 442 g/mol. The number of hydrogen-bond donors (Lipinski definition) is 2. The van der Waals surface area contributed by atoms with E-state index in [9.17, 15) is 5.11 Å². The van der Waals surface area contributed by atoms with E-state index in [2.05, 4.69) is 46.1 Å². The minimum Gasteiger partial charge on any atom is -0.456 e. The van der Waals surface area contributed by atoms with Crippen molar-refractivity contribution in [2.24, 2.45) is 0 Å². The highest BCUT2D eigenvalue weighted by molar-refractivity contribution is 6.33. The van der Waals surface area contributed by atoms with Crippen LogP contribution < -0.4 is 4.74 Å². The second-order valence-electron chi connectivity index (χ2n) is 8.44. The van der Waals surface area contributed by atoms with Crippen molar-refractivity contribution in [2.45, 2.75) is 31.3 Å². The molecule has 0 aliphatic carbocycles. The minimum absolute atomic E-state index is 0.248. The molecule has 4 aromatic rings. The van der Waals surface area contributed by atoms with E-state index in [1.54, 1.807) is 6.07 Å². The van der Waals surface area contributed by atoms with Crippen LogP contribution in [-0.2, 0) is 9.47 Å². The van der Waals surface area contributed by atoms with E-state index in [-0.39, 0.29) is 24.9 Å². The molecule has 0 unspecified atom stereocenters. The molecule has 2 aliphatic rings. The van der Waals surface area contributed by atoms with Crippen LogP contribution in [0.2, 0.25) is 5.02 Å².